The van der Waals surface area contributed by atoms with E-state index in [1.54, 1.807) is 12.1 Å². The molecule has 1 aliphatic rings. The maximum Gasteiger partial charge on any atom is 0.273 e. The summed E-state index contributed by atoms with van der Waals surface area (Å²) in [5.41, 5.74) is 1.71. The van der Waals surface area contributed by atoms with E-state index in [-0.39, 0.29) is 10.6 Å². The predicted octanol–water partition coefficient (Wildman–Crippen LogP) is 2.92. The highest BCUT2D eigenvalue weighted by molar-refractivity contribution is 5.63. The molecule has 6 nitrogen and oxygen atoms in total. The molecule has 0 aromatic heterocycles. The molecule has 116 valence electrons. The van der Waals surface area contributed by atoms with Gasteiger partial charge in [0.05, 0.1) is 4.92 Å². The Hall–Kier alpha value is -1.82. The topological polar surface area (TPSA) is 70.4 Å². The molecule has 0 atom stereocenters. The summed E-state index contributed by atoms with van der Waals surface area (Å²) in [5.74, 6) is 0. The fraction of sp³-hybridized carbons (Fsp3) is 0.600. The Labute approximate surface area is 125 Å². The van der Waals surface area contributed by atoms with Gasteiger partial charge in [-0.05, 0) is 32.4 Å². The molecule has 1 fully saturated rings. The minimum atomic E-state index is -0.349. The molecule has 0 saturated heterocycles. The van der Waals surface area contributed by atoms with Crippen molar-refractivity contribution in [2.75, 3.05) is 37.3 Å². The van der Waals surface area contributed by atoms with Crippen molar-refractivity contribution in [3.63, 3.8) is 0 Å². The van der Waals surface area contributed by atoms with Crippen LogP contribution >= 0.6 is 0 Å². The van der Waals surface area contributed by atoms with E-state index >= 15 is 0 Å². The molecule has 1 aromatic rings. The van der Waals surface area contributed by atoms with E-state index < -0.39 is 0 Å². The van der Waals surface area contributed by atoms with E-state index in [1.165, 1.54) is 12.8 Å². The zero-order valence-corrected chi connectivity index (χ0v) is 12.8. The molecule has 1 aliphatic carbocycles. The van der Waals surface area contributed by atoms with Gasteiger partial charge in [-0.15, -0.1) is 0 Å². The number of hydrogen-bond donors (Lipinski definition) is 2. The lowest BCUT2D eigenvalue weighted by atomic mass is 10.2. The lowest BCUT2D eigenvalue weighted by molar-refractivity contribution is -0.384. The Balaban J connectivity index is 1.95. The van der Waals surface area contributed by atoms with E-state index in [0.29, 0.717) is 0 Å². The zero-order valence-electron chi connectivity index (χ0n) is 12.8. The molecule has 0 unspecified atom stereocenters. The first kappa shape index (κ1) is 15.6. The van der Waals surface area contributed by atoms with Gasteiger partial charge in [0, 0.05) is 49.2 Å². The zero-order chi connectivity index (χ0) is 15.2. The first-order chi connectivity index (χ1) is 10.1. The van der Waals surface area contributed by atoms with E-state index in [9.17, 15) is 10.1 Å². The molecule has 21 heavy (non-hydrogen) atoms. The van der Waals surface area contributed by atoms with Crippen molar-refractivity contribution in [2.24, 2.45) is 0 Å². The average molecular weight is 292 g/mol. The van der Waals surface area contributed by atoms with Gasteiger partial charge in [-0.3, -0.25) is 10.1 Å². The summed E-state index contributed by atoms with van der Waals surface area (Å²) < 4.78 is 0. The van der Waals surface area contributed by atoms with Crippen molar-refractivity contribution >= 4 is 17.1 Å². The highest BCUT2D eigenvalue weighted by Gasteiger charge is 2.25. The molecule has 1 saturated carbocycles. The fourth-order valence-electron chi connectivity index (χ4n) is 2.26. The van der Waals surface area contributed by atoms with Crippen LogP contribution in [-0.4, -0.2) is 42.5 Å². The highest BCUT2D eigenvalue weighted by atomic mass is 16.6. The lowest BCUT2D eigenvalue weighted by Crippen LogP contribution is -2.27. The number of nitro groups is 1. The van der Waals surface area contributed by atoms with E-state index in [0.717, 1.165) is 43.5 Å². The maximum absolute atomic E-state index is 11.0. The second kappa shape index (κ2) is 7.26. The SMILES string of the molecule is CCCNc1cc(NCCN(C)C2CC2)cc([N+](=O)[O-])c1. The van der Waals surface area contributed by atoms with Crippen LogP contribution in [0.4, 0.5) is 17.1 Å². The van der Waals surface area contributed by atoms with Gasteiger partial charge in [-0.2, -0.15) is 0 Å². The number of rotatable bonds is 9. The second-order valence-corrected chi connectivity index (χ2v) is 5.59. The van der Waals surface area contributed by atoms with Gasteiger partial charge in [-0.25, -0.2) is 0 Å². The summed E-state index contributed by atoms with van der Waals surface area (Å²) in [5, 5.41) is 17.5. The quantitative estimate of drug-likeness (QED) is 0.541. The first-order valence-electron chi connectivity index (χ1n) is 7.57. The predicted molar refractivity (Wildman–Crippen MR) is 86.0 cm³/mol. The molecule has 0 bridgehead atoms. The number of nitrogens with one attached hydrogen (secondary N) is 2. The Bertz CT molecular complexity index is 489. The average Bonchev–Trinajstić information content (AvgIpc) is 3.29. The number of anilines is 2. The lowest BCUT2D eigenvalue weighted by Gasteiger charge is -2.16. The number of non-ortho nitro benzene ring substituents is 1. The number of hydrogen-bond acceptors (Lipinski definition) is 5. The van der Waals surface area contributed by atoms with Crippen LogP contribution in [0.3, 0.4) is 0 Å². The maximum atomic E-state index is 11.0. The van der Waals surface area contributed by atoms with Gasteiger partial charge < -0.3 is 15.5 Å². The Morgan fingerprint density at radius 3 is 2.38 bits per heavy atom. The summed E-state index contributed by atoms with van der Waals surface area (Å²) in [6.07, 6.45) is 3.56. The van der Waals surface area contributed by atoms with Crippen molar-refractivity contribution in [3.8, 4) is 0 Å². The Kier molecular flexibility index (Phi) is 5.38. The van der Waals surface area contributed by atoms with Crippen LogP contribution in [0.2, 0.25) is 0 Å². The summed E-state index contributed by atoms with van der Waals surface area (Å²) in [4.78, 5) is 13.0. The van der Waals surface area contributed by atoms with Gasteiger partial charge >= 0.3 is 0 Å². The molecule has 6 heteroatoms. The summed E-state index contributed by atoms with van der Waals surface area (Å²) in [6.45, 7) is 4.62. The van der Waals surface area contributed by atoms with Crippen LogP contribution in [0.1, 0.15) is 26.2 Å². The third-order valence-electron chi connectivity index (χ3n) is 3.67. The van der Waals surface area contributed by atoms with Crippen LogP contribution in [0.5, 0.6) is 0 Å². The molecule has 2 N–H and O–H groups in total. The largest absolute Gasteiger partial charge is 0.385 e. The van der Waals surface area contributed by atoms with Crippen molar-refractivity contribution in [1.82, 2.24) is 4.90 Å². The van der Waals surface area contributed by atoms with Crippen LogP contribution in [0.15, 0.2) is 18.2 Å². The molecular formula is C15H24N4O2. The molecule has 0 spiro atoms. The van der Waals surface area contributed by atoms with Crippen molar-refractivity contribution < 1.29 is 4.92 Å². The van der Waals surface area contributed by atoms with Crippen LogP contribution < -0.4 is 10.6 Å². The minimum Gasteiger partial charge on any atom is -0.385 e. The second-order valence-electron chi connectivity index (χ2n) is 5.59. The minimum absolute atomic E-state index is 0.120. The molecule has 0 heterocycles. The van der Waals surface area contributed by atoms with Crippen LogP contribution in [0, 0.1) is 10.1 Å². The number of nitro benzene ring substituents is 1. The molecule has 0 amide bonds. The van der Waals surface area contributed by atoms with Gasteiger partial charge in [0.1, 0.15) is 0 Å². The van der Waals surface area contributed by atoms with Crippen molar-refractivity contribution in [3.05, 3.63) is 28.3 Å². The normalized spacial score (nSPS) is 14.2. The Morgan fingerprint density at radius 1 is 1.24 bits per heavy atom. The standard InChI is InChI=1S/C15H24N4O2/c1-3-6-16-12-9-13(11-15(10-12)19(20)21)17-7-8-18(2)14-4-5-14/h9-11,14,16-17H,3-8H2,1-2H3. The smallest absolute Gasteiger partial charge is 0.273 e. The third kappa shape index (κ3) is 4.90. The van der Waals surface area contributed by atoms with Crippen molar-refractivity contribution in [1.29, 1.82) is 0 Å². The van der Waals surface area contributed by atoms with E-state index in [4.69, 9.17) is 0 Å². The van der Waals surface area contributed by atoms with Crippen molar-refractivity contribution in [2.45, 2.75) is 32.2 Å². The number of benzene rings is 1. The summed E-state index contributed by atoms with van der Waals surface area (Å²) in [6, 6.07) is 5.84. The highest BCUT2D eigenvalue weighted by Crippen LogP contribution is 2.26. The van der Waals surface area contributed by atoms with Gasteiger partial charge in [0.15, 0.2) is 0 Å². The molecule has 1 aromatic carbocycles. The Morgan fingerprint density at radius 2 is 1.86 bits per heavy atom. The van der Waals surface area contributed by atoms with Crippen LogP contribution in [0.25, 0.3) is 0 Å². The molecule has 2 rings (SSSR count). The van der Waals surface area contributed by atoms with Gasteiger partial charge in [0.2, 0.25) is 0 Å². The number of likely N-dealkylation sites (N-methyl/N-ethyl adjacent to an activating group) is 1. The van der Waals surface area contributed by atoms with E-state index in [1.807, 2.05) is 6.07 Å². The number of nitrogens with zero attached hydrogens (tertiary/aromatic N) is 2. The third-order valence-corrected chi connectivity index (χ3v) is 3.67. The molecular weight excluding hydrogens is 268 g/mol. The summed E-state index contributed by atoms with van der Waals surface area (Å²) in [7, 11) is 2.13. The molecule has 0 radical (unpaired) electrons. The fourth-order valence-corrected chi connectivity index (χ4v) is 2.26. The van der Waals surface area contributed by atoms with Gasteiger partial charge in [-0.1, -0.05) is 6.92 Å². The summed E-state index contributed by atoms with van der Waals surface area (Å²) >= 11 is 0. The van der Waals surface area contributed by atoms with E-state index in [2.05, 4.69) is 29.5 Å². The monoisotopic (exact) mass is 292 g/mol. The van der Waals surface area contributed by atoms with Crippen LogP contribution in [-0.2, 0) is 0 Å². The molecule has 0 aliphatic heterocycles. The first-order valence-corrected chi connectivity index (χ1v) is 7.57. The van der Waals surface area contributed by atoms with Gasteiger partial charge in [0.25, 0.3) is 5.69 Å².